The molecule has 0 spiro atoms. The van der Waals surface area contributed by atoms with Crippen LogP contribution in [-0.2, 0) is 12.8 Å². The zero-order valence-corrected chi connectivity index (χ0v) is 10.2. The van der Waals surface area contributed by atoms with E-state index in [0.717, 1.165) is 29.7 Å². The average molecular weight is 218 g/mol. The Morgan fingerprint density at radius 3 is 2.62 bits per heavy atom. The molecule has 2 nitrogen and oxygen atoms in total. The molecule has 1 aliphatic rings. The second-order valence-electron chi connectivity index (χ2n) is 4.48. The number of carbonyl (C=O) groups excluding carboxylic acids is 1. The van der Waals surface area contributed by atoms with Gasteiger partial charge in [0.05, 0.1) is 12.7 Å². The number of hydrogen-bond acceptors (Lipinski definition) is 2. The third-order valence-electron chi connectivity index (χ3n) is 3.46. The Hall–Kier alpha value is -1.31. The molecule has 0 saturated carbocycles. The summed E-state index contributed by atoms with van der Waals surface area (Å²) in [6.07, 6.45) is 4.70. The summed E-state index contributed by atoms with van der Waals surface area (Å²) in [5.74, 6) is 0.841. The molecule has 0 heterocycles. The summed E-state index contributed by atoms with van der Waals surface area (Å²) < 4.78 is 5.33. The first kappa shape index (κ1) is 11.2. The SMILES string of the molecule is COc1cc2c(c(C)c1C(C)=O)CCCC2. The molecule has 0 radical (unpaired) electrons. The zero-order chi connectivity index (χ0) is 11.7. The van der Waals surface area contributed by atoms with Gasteiger partial charge < -0.3 is 4.74 Å². The summed E-state index contributed by atoms with van der Waals surface area (Å²) in [5, 5.41) is 0. The van der Waals surface area contributed by atoms with Gasteiger partial charge in [-0.05, 0) is 62.3 Å². The van der Waals surface area contributed by atoms with E-state index in [-0.39, 0.29) is 5.78 Å². The number of rotatable bonds is 2. The Kier molecular flexibility index (Phi) is 2.99. The Balaban J connectivity index is 2.64. The third kappa shape index (κ3) is 1.73. The van der Waals surface area contributed by atoms with Crippen LogP contribution in [0.2, 0.25) is 0 Å². The van der Waals surface area contributed by atoms with Crippen molar-refractivity contribution in [3.05, 3.63) is 28.3 Å². The van der Waals surface area contributed by atoms with E-state index in [1.54, 1.807) is 14.0 Å². The molecule has 1 aromatic carbocycles. The highest BCUT2D eigenvalue weighted by Gasteiger charge is 2.20. The minimum absolute atomic E-state index is 0.0997. The number of benzene rings is 1. The molecule has 1 aliphatic carbocycles. The van der Waals surface area contributed by atoms with E-state index in [1.165, 1.54) is 24.0 Å². The maximum atomic E-state index is 11.7. The predicted octanol–water partition coefficient (Wildman–Crippen LogP) is 3.09. The number of fused-ring (bicyclic) bond motifs is 1. The van der Waals surface area contributed by atoms with Crippen LogP contribution in [0.25, 0.3) is 0 Å². The minimum Gasteiger partial charge on any atom is -0.496 e. The fourth-order valence-corrected chi connectivity index (χ4v) is 2.68. The molecule has 0 aromatic heterocycles. The molecular formula is C14H18O2. The van der Waals surface area contributed by atoms with E-state index in [0.29, 0.717) is 0 Å². The fourth-order valence-electron chi connectivity index (χ4n) is 2.68. The van der Waals surface area contributed by atoms with E-state index in [4.69, 9.17) is 4.74 Å². The van der Waals surface area contributed by atoms with Gasteiger partial charge >= 0.3 is 0 Å². The number of ketones is 1. The monoisotopic (exact) mass is 218 g/mol. The van der Waals surface area contributed by atoms with E-state index < -0.39 is 0 Å². The van der Waals surface area contributed by atoms with E-state index in [2.05, 4.69) is 6.07 Å². The third-order valence-corrected chi connectivity index (χ3v) is 3.46. The number of carbonyl (C=O) groups is 1. The van der Waals surface area contributed by atoms with Crippen LogP contribution in [0.5, 0.6) is 5.75 Å². The first-order chi connectivity index (χ1) is 7.65. The van der Waals surface area contributed by atoms with Crippen LogP contribution in [0.15, 0.2) is 6.07 Å². The van der Waals surface area contributed by atoms with Crippen LogP contribution < -0.4 is 4.74 Å². The van der Waals surface area contributed by atoms with Crippen molar-refractivity contribution in [1.29, 1.82) is 0 Å². The van der Waals surface area contributed by atoms with Crippen LogP contribution >= 0.6 is 0 Å². The average Bonchev–Trinajstić information content (AvgIpc) is 2.28. The highest BCUT2D eigenvalue weighted by atomic mass is 16.5. The van der Waals surface area contributed by atoms with Gasteiger partial charge in [-0.1, -0.05) is 0 Å². The van der Waals surface area contributed by atoms with Crippen molar-refractivity contribution in [2.24, 2.45) is 0 Å². The van der Waals surface area contributed by atoms with E-state index in [9.17, 15) is 4.79 Å². The molecule has 0 N–H and O–H groups in total. The van der Waals surface area contributed by atoms with E-state index >= 15 is 0 Å². The molecule has 86 valence electrons. The summed E-state index contributed by atoms with van der Waals surface area (Å²) in [6.45, 7) is 3.66. The second-order valence-corrected chi connectivity index (χ2v) is 4.48. The largest absolute Gasteiger partial charge is 0.496 e. The van der Waals surface area contributed by atoms with Crippen molar-refractivity contribution in [1.82, 2.24) is 0 Å². The van der Waals surface area contributed by atoms with Crippen LogP contribution in [0.3, 0.4) is 0 Å². The molecule has 0 aliphatic heterocycles. The number of Topliss-reactive ketones (excluding diaryl/α,β-unsaturated/α-hetero) is 1. The summed E-state index contributed by atoms with van der Waals surface area (Å²) in [4.78, 5) is 11.7. The Labute approximate surface area is 96.6 Å². The molecule has 2 rings (SSSR count). The summed E-state index contributed by atoms with van der Waals surface area (Å²) in [6, 6.07) is 2.05. The molecule has 2 heteroatoms. The molecule has 0 atom stereocenters. The van der Waals surface area contributed by atoms with Gasteiger partial charge in [0.1, 0.15) is 5.75 Å². The number of aryl methyl sites for hydroxylation is 1. The Morgan fingerprint density at radius 1 is 1.31 bits per heavy atom. The highest BCUT2D eigenvalue weighted by molar-refractivity contribution is 5.98. The van der Waals surface area contributed by atoms with Crippen LogP contribution in [0, 0.1) is 6.92 Å². The lowest BCUT2D eigenvalue weighted by atomic mass is 9.85. The first-order valence-corrected chi connectivity index (χ1v) is 5.85. The normalized spacial score (nSPS) is 14.4. The smallest absolute Gasteiger partial charge is 0.163 e. The van der Waals surface area contributed by atoms with Gasteiger partial charge in [0.25, 0.3) is 0 Å². The number of hydrogen-bond donors (Lipinski definition) is 0. The van der Waals surface area contributed by atoms with Gasteiger partial charge in [0.2, 0.25) is 0 Å². The first-order valence-electron chi connectivity index (χ1n) is 5.85. The van der Waals surface area contributed by atoms with Crippen molar-refractivity contribution in [2.75, 3.05) is 7.11 Å². The lowest BCUT2D eigenvalue weighted by molar-refractivity contribution is 0.101. The topological polar surface area (TPSA) is 26.3 Å². The molecule has 0 amide bonds. The van der Waals surface area contributed by atoms with Crippen molar-refractivity contribution >= 4 is 5.78 Å². The number of methoxy groups -OCH3 is 1. The van der Waals surface area contributed by atoms with Gasteiger partial charge in [-0.25, -0.2) is 0 Å². The Bertz CT molecular complexity index is 433. The van der Waals surface area contributed by atoms with Crippen LogP contribution in [-0.4, -0.2) is 12.9 Å². The van der Waals surface area contributed by atoms with Crippen LogP contribution in [0.1, 0.15) is 46.8 Å². The van der Waals surface area contributed by atoms with Gasteiger partial charge in [-0.3, -0.25) is 4.79 Å². The summed E-state index contributed by atoms with van der Waals surface area (Å²) in [5.41, 5.74) is 4.63. The predicted molar refractivity (Wildman–Crippen MR) is 64.4 cm³/mol. The van der Waals surface area contributed by atoms with Gasteiger partial charge in [0.15, 0.2) is 5.78 Å². The lowest BCUT2D eigenvalue weighted by Gasteiger charge is -2.21. The second kappa shape index (κ2) is 4.28. The molecular weight excluding hydrogens is 200 g/mol. The van der Waals surface area contributed by atoms with Gasteiger partial charge in [0, 0.05) is 0 Å². The molecule has 0 unspecified atom stereocenters. The summed E-state index contributed by atoms with van der Waals surface area (Å²) >= 11 is 0. The van der Waals surface area contributed by atoms with Gasteiger partial charge in [-0.15, -0.1) is 0 Å². The zero-order valence-electron chi connectivity index (χ0n) is 10.2. The molecule has 0 bridgehead atoms. The number of ether oxygens (including phenoxy) is 1. The molecule has 1 aromatic rings. The molecule has 0 saturated heterocycles. The fraction of sp³-hybridized carbons (Fsp3) is 0.500. The maximum Gasteiger partial charge on any atom is 0.163 e. The standard InChI is InChI=1S/C14H18O2/c1-9-12-7-5-4-6-11(12)8-13(16-3)14(9)10(2)15/h8H,4-7H2,1-3H3. The quantitative estimate of drug-likeness (QED) is 0.713. The van der Waals surface area contributed by atoms with Crippen molar-refractivity contribution < 1.29 is 9.53 Å². The molecule has 16 heavy (non-hydrogen) atoms. The Morgan fingerprint density at radius 2 is 2.00 bits per heavy atom. The van der Waals surface area contributed by atoms with Crippen molar-refractivity contribution in [2.45, 2.75) is 39.5 Å². The summed E-state index contributed by atoms with van der Waals surface area (Å²) in [7, 11) is 1.64. The maximum absolute atomic E-state index is 11.7. The highest BCUT2D eigenvalue weighted by Crippen LogP contribution is 2.33. The minimum atomic E-state index is 0.0997. The van der Waals surface area contributed by atoms with Crippen molar-refractivity contribution in [3.63, 3.8) is 0 Å². The van der Waals surface area contributed by atoms with E-state index in [1.807, 2.05) is 6.92 Å². The van der Waals surface area contributed by atoms with Crippen molar-refractivity contribution in [3.8, 4) is 5.75 Å². The molecule has 0 fully saturated rings. The lowest BCUT2D eigenvalue weighted by Crippen LogP contribution is -2.10. The van der Waals surface area contributed by atoms with Crippen LogP contribution in [0.4, 0.5) is 0 Å². The van der Waals surface area contributed by atoms with Gasteiger partial charge in [-0.2, -0.15) is 0 Å².